The largest absolute Gasteiger partial charge is 0.378 e. The number of hydrogen-bond acceptors (Lipinski definition) is 2. The van der Waals surface area contributed by atoms with Crippen molar-refractivity contribution in [3.05, 3.63) is 0 Å². The Morgan fingerprint density at radius 1 is 1.57 bits per heavy atom. The van der Waals surface area contributed by atoms with E-state index >= 15 is 0 Å². The summed E-state index contributed by atoms with van der Waals surface area (Å²) in [4.78, 5) is 0. The van der Waals surface area contributed by atoms with Gasteiger partial charge in [-0.3, -0.25) is 0 Å². The summed E-state index contributed by atoms with van der Waals surface area (Å²) in [7, 11) is 1.88. The maximum absolute atomic E-state index is 12.5. The Hall–Kier alpha value is -0.220. The Morgan fingerprint density at radius 2 is 2.21 bits per heavy atom. The first-order valence-corrected chi connectivity index (χ1v) is 5.24. The van der Waals surface area contributed by atoms with Crippen LogP contribution in [0.5, 0.6) is 0 Å². The molecule has 1 aliphatic carbocycles. The number of nitrogens with one attached hydrogen (secondary N) is 1. The van der Waals surface area contributed by atoms with Crippen molar-refractivity contribution in [2.24, 2.45) is 5.92 Å². The number of halogens is 2. The van der Waals surface area contributed by atoms with Gasteiger partial charge in [0.15, 0.2) is 0 Å². The van der Waals surface area contributed by atoms with E-state index in [1.54, 1.807) is 0 Å². The summed E-state index contributed by atoms with van der Waals surface area (Å²) in [5.74, 6) is -2.97. The highest BCUT2D eigenvalue weighted by molar-refractivity contribution is 4.94. The highest BCUT2D eigenvalue weighted by Gasteiger charge is 2.56. The summed E-state index contributed by atoms with van der Waals surface area (Å²) in [5.41, 5.74) is 0. The molecule has 0 radical (unpaired) electrons. The van der Waals surface area contributed by atoms with E-state index in [4.69, 9.17) is 4.74 Å². The molecule has 0 bridgehead atoms. The lowest BCUT2D eigenvalue weighted by Gasteiger charge is -2.15. The molecule has 0 aliphatic heterocycles. The van der Waals surface area contributed by atoms with Crippen molar-refractivity contribution in [1.82, 2.24) is 5.32 Å². The molecular weight excluding hydrogens is 188 g/mol. The van der Waals surface area contributed by atoms with Crippen molar-refractivity contribution in [2.45, 2.75) is 38.2 Å². The minimum absolute atomic E-state index is 0.00939. The fourth-order valence-corrected chi connectivity index (χ4v) is 1.41. The molecule has 0 heterocycles. The molecular formula is C10H19F2NO. The van der Waals surface area contributed by atoms with E-state index in [1.807, 2.05) is 14.0 Å². The molecule has 0 aromatic carbocycles. The van der Waals surface area contributed by atoms with Crippen LogP contribution < -0.4 is 5.32 Å². The molecule has 1 fully saturated rings. The van der Waals surface area contributed by atoms with Crippen LogP contribution in [0, 0.1) is 5.92 Å². The second-order valence-electron chi connectivity index (χ2n) is 3.92. The third-order valence-corrected chi connectivity index (χ3v) is 2.66. The molecule has 0 aromatic heterocycles. The van der Waals surface area contributed by atoms with Crippen LogP contribution in [0.1, 0.15) is 26.2 Å². The molecule has 0 saturated heterocycles. The third-order valence-electron chi connectivity index (χ3n) is 2.66. The molecule has 2 unspecified atom stereocenters. The fraction of sp³-hybridized carbons (Fsp3) is 1.00. The van der Waals surface area contributed by atoms with Crippen molar-refractivity contribution in [1.29, 1.82) is 0 Å². The molecule has 1 N–H and O–H groups in total. The summed E-state index contributed by atoms with van der Waals surface area (Å²) in [6.07, 6.45) is 1.92. The zero-order valence-corrected chi connectivity index (χ0v) is 8.85. The smallest absolute Gasteiger partial charge is 0.253 e. The minimum atomic E-state index is -2.44. The summed E-state index contributed by atoms with van der Waals surface area (Å²) in [6.45, 7) is 3.11. The van der Waals surface area contributed by atoms with Gasteiger partial charge in [0.1, 0.15) is 0 Å². The van der Waals surface area contributed by atoms with Gasteiger partial charge in [-0.25, -0.2) is 8.78 Å². The van der Waals surface area contributed by atoms with Gasteiger partial charge in [-0.05, 0) is 26.4 Å². The van der Waals surface area contributed by atoms with Crippen LogP contribution >= 0.6 is 0 Å². The lowest BCUT2D eigenvalue weighted by atomic mass is 10.2. The predicted molar refractivity (Wildman–Crippen MR) is 51.6 cm³/mol. The molecule has 1 saturated carbocycles. The molecule has 2 nitrogen and oxygen atoms in total. The fourth-order valence-electron chi connectivity index (χ4n) is 1.41. The second kappa shape index (κ2) is 5.03. The van der Waals surface area contributed by atoms with Gasteiger partial charge >= 0.3 is 0 Å². The van der Waals surface area contributed by atoms with Gasteiger partial charge in [-0.2, -0.15) is 0 Å². The van der Waals surface area contributed by atoms with Crippen LogP contribution in [0.2, 0.25) is 0 Å². The zero-order valence-electron chi connectivity index (χ0n) is 8.85. The summed E-state index contributed by atoms with van der Waals surface area (Å²) >= 11 is 0. The van der Waals surface area contributed by atoms with Gasteiger partial charge in [0.25, 0.3) is 5.92 Å². The molecule has 84 valence electrons. The summed E-state index contributed by atoms with van der Waals surface area (Å²) in [6, 6.07) is 0. The molecule has 4 heteroatoms. The first kappa shape index (κ1) is 11.9. The maximum Gasteiger partial charge on any atom is 0.253 e. The molecule has 1 aliphatic rings. The molecule has 0 spiro atoms. The van der Waals surface area contributed by atoms with E-state index in [0.717, 1.165) is 19.4 Å². The average Bonchev–Trinajstić information content (AvgIpc) is 2.75. The van der Waals surface area contributed by atoms with Gasteiger partial charge in [-0.1, -0.05) is 6.92 Å². The Kier molecular flexibility index (Phi) is 4.26. The van der Waals surface area contributed by atoms with Crippen LogP contribution in [-0.4, -0.2) is 32.2 Å². The molecule has 2 atom stereocenters. The predicted octanol–water partition coefficient (Wildman–Crippen LogP) is 2.05. The van der Waals surface area contributed by atoms with Gasteiger partial charge in [0.05, 0.1) is 18.6 Å². The highest BCUT2D eigenvalue weighted by Crippen LogP contribution is 2.48. The van der Waals surface area contributed by atoms with Crippen molar-refractivity contribution in [3.63, 3.8) is 0 Å². The Bertz CT molecular complexity index is 176. The van der Waals surface area contributed by atoms with Crippen molar-refractivity contribution < 1.29 is 13.5 Å². The van der Waals surface area contributed by atoms with Crippen LogP contribution in [0.4, 0.5) is 8.78 Å². The molecule has 1 rings (SSSR count). The Morgan fingerprint density at radius 3 is 2.64 bits per heavy atom. The van der Waals surface area contributed by atoms with Crippen molar-refractivity contribution >= 4 is 0 Å². The van der Waals surface area contributed by atoms with Crippen LogP contribution in [0.25, 0.3) is 0 Å². The van der Waals surface area contributed by atoms with Gasteiger partial charge in [0, 0.05) is 6.42 Å². The van der Waals surface area contributed by atoms with Crippen LogP contribution in [0.15, 0.2) is 0 Å². The number of hydrogen-bond donors (Lipinski definition) is 1. The lowest BCUT2D eigenvalue weighted by Crippen LogP contribution is -2.20. The Balaban J connectivity index is 2.09. The van der Waals surface area contributed by atoms with Crippen LogP contribution in [0.3, 0.4) is 0 Å². The summed E-state index contributed by atoms with van der Waals surface area (Å²) in [5, 5.41) is 3.02. The van der Waals surface area contributed by atoms with E-state index in [0.29, 0.717) is 0 Å². The summed E-state index contributed by atoms with van der Waals surface area (Å²) < 4.78 is 30.5. The number of ether oxygens (including phenoxy) is 1. The SMILES string of the molecule is CCC(CCNC)OCC1CC1(F)F. The highest BCUT2D eigenvalue weighted by atomic mass is 19.3. The van der Waals surface area contributed by atoms with Gasteiger partial charge in [-0.15, -0.1) is 0 Å². The Labute approximate surface area is 84.0 Å². The van der Waals surface area contributed by atoms with E-state index in [9.17, 15) is 8.78 Å². The molecule has 0 amide bonds. The zero-order chi connectivity index (χ0) is 10.6. The normalized spacial score (nSPS) is 26.1. The van der Waals surface area contributed by atoms with E-state index in [2.05, 4.69) is 5.32 Å². The third kappa shape index (κ3) is 3.50. The van der Waals surface area contributed by atoms with E-state index in [-0.39, 0.29) is 19.1 Å². The monoisotopic (exact) mass is 207 g/mol. The van der Waals surface area contributed by atoms with Crippen LogP contribution in [-0.2, 0) is 4.74 Å². The number of alkyl halides is 2. The van der Waals surface area contributed by atoms with E-state index < -0.39 is 11.8 Å². The second-order valence-corrected chi connectivity index (χ2v) is 3.92. The van der Waals surface area contributed by atoms with E-state index in [1.165, 1.54) is 0 Å². The number of rotatable bonds is 7. The molecule has 0 aromatic rings. The average molecular weight is 207 g/mol. The van der Waals surface area contributed by atoms with Crippen molar-refractivity contribution in [3.8, 4) is 0 Å². The minimum Gasteiger partial charge on any atom is -0.378 e. The van der Waals surface area contributed by atoms with Crippen molar-refractivity contribution in [2.75, 3.05) is 20.2 Å². The molecule has 14 heavy (non-hydrogen) atoms. The topological polar surface area (TPSA) is 21.3 Å². The maximum atomic E-state index is 12.5. The standard InChI is InChI=1S/C10H19F2NO/c1-3-9(4-5-13-2)14-7-8-6-10(8,11)12/h8-9,13H,3-7H2,1-2H3. The van der Waals surface area contributed by atoms with Gasteiger partial charge in [0.2, 0.25) is 0 Å². The first-order chi connectivity index (χ1) is 6.60. The lowest BCUT2D eigenvalue weighted by molar-refractivity contribution is 0.0104. The van der Waals surface area contributed by atoms with Gasteiger partial charge < -0.3 is 10.1 Å². The first-order valence-electron chi connectivity index (χ1n) is 5.24. The quantitative estimate of drug-likeness (QED) is 0.690.